The molecule has 0 atom stereocenters. The highest BCUT2D eigenvalue weighted by molar-refractivity contribution is 5.67. The molecule has 1 fully saturated rings. The average Bonchev–Trinajstić information content (AvgIpc) is 2.37. The Balaban J connectivity index is 1.99. The van der Waals surface area contributed by atoms with E-state index in [2.05, 4.69) is 22.5 Å². The van der Waals surface area contributed by atoms with Crippen molar-refractivity contribution in [1.29, 1.82) is 0 Å². The second-order valence-electron chi connectivity index (χ2n) is 6.51. The second kappa shape index (κ2) is 8.47. The third-order valence-electron chi connectivity index (χ3n) is 3.56. The normalized spacial score (nSPS) is 18.0. The zero-order valence-electron chi connectivity index (χ0n) is 13.5. The molecule has 0 unspecified atom stereocenters. The molecule has 0 aromatic heterocycles. The van der Waals surface area contributed by atoms with Crippen molar-refractivity contribution < 1.29 is 9.53 Å². The fourth-order valence-corrected chi connectivity index (χ4v) is 2.38. The van der Waals surface area contributed by atoms with Gasteiger partial charge in [0.1, 0.15) is 5.60 Å². The first-order chi connectivity index (χ1) is 9.40. The Hall–Kier alpha value is -0.810. The van der Waals surface area contributed by atoms with E-state index in [1.165, 1.54) is 32.5 Å². The smallest absolute Gasteiger partial charge is 0.407 e. The van der Waals surface area contributed by atoms with Crippen LogP contribution in [0, 0.1) is 5.92 Å². The maximum atomic E-state index is 11.4. The van der Waals surface area contributed by atoms with E-state index >= 15 is 0 Å². The van der Waals surface area contributed by atoms with Crippen LogP contribution in [0.5, 0.6) is 0 Å². The number of nitrogens with one attached hydrogen (secondary N) is 2. The van der Waals surface area contributed by atoms with Gasteiger partial charge in [-0.15, -0.1) is 0 Å². The Morgan fingerprint density at radius 3 is 2.45 bits per heavy atom. The maximum absolute atomic E-state index is 11.4. The van der Waals surface area contributed by atoms with Gasteiger partial charge >= 0.3 is 6.09 Å². The molecular weight excluding hydrogens is 254 g/mol. The van der Waals surface area contributed by atoms with Gasteiger partial charge in [-0.1, -0.05) is 6.92 Å². The summed E-state index contributed by atoms with van der Waals surface area (Å²) in [5, 5.41) is 6.18. The van der Waals surface area contributed by atoms with Gasteiger partial charge < -0.3 is 20.3 Å². The van der Waals surface area contributed by atoms with Crippen molar-refractivity contribution in [3.8, 4) is 0 Å². The predicted molar refractivity (Wildman–Crippen MR) is 81.9 cm³/mol. The van der Waals surface area contributed by atoms with Gasteiger partial charge in [0.2, 0.25) is 0 Å². The van der Waals surface area contributed by atoms with Crippen LogP contribution in [0.3, 0.4) is 0 Å². The summed E-state index contributed by atoms with van der Waals surface area (Å²) in [7, 11) is 0. The predicted octanol–water partition coefficient (Wildman–Crippen LogP) is 1.83. The molecule has 118 valence electrons. The van der Waals surface area contributed by atoms with Gasteiger partial charge in [-0.2, -0.15) is 0 Å². The molecule has 5 heteroatoms. The van der Waals surface area contributed by atoms with E-state index in [-0.39, 0.29) is 6.09 Å². The fourth-order valence-electron chi connectivity index (χ4n) is 2.38. The van der Waals surface area contributed by atoms with Crippen molar-refractivity contribution in [3.63, 3.8) is 0 Å². The van der Waals surface area contributed by atoms with Crippen LogP contribution < -0.4 is 10.6 Å². The van der Waals surface area contributed by atoms with Gasteiger partial charge in [0, 0.05) is 13.1 Å². The fraction of sp³-hybridized carbons (Fsp3) is 0.933. The summed E-state index contributed by atoms with van der Waals surface area (Å²) in [6, 6.07) is 0. The highest BCUT2D eigenvalue weighted by Crippen LogP contribution is 2.15. The third-order valence-corrected chi connectivity index (χ3v) is 3.56. The molecule has 0 aromatic rings. The van der Waals surface area contributed by atoms with Gasteiger partial charge in [0.25, 0.3) is 0 Å². The van der Waals surface area contributed by atoms with Crippen molar-refractivity contribution in [2.24, 2.45) is 5.92 Å². The summed E-state index contributed by atoms with van der Waals surface area (Å²) in [5.74, 6) is 0.777. The van der Waals surface area contributed by atoms with Crippen LogP contribution in [-0.2, 0) is 4.74 Å². The van der Waals surface area contributed by atoms with Crippen LogP contribution in [0.25, 0.3) is 0 Å². The summed E-state index contributed by atoms with van der Waals surface area (Å²) in [6.07, 6.45) is 2.22. The number of hydrogen-bond acceptors (Lipinski definition) is 4. The summed E-state index contributed by atoms with van der Waals surface area (Å²) in [6.45, 7) is 13.9. The van der Waals surface area contributed by atoms with Crippen molar-refractivity contribution in [2.75, 3.05) is 39.3 Å². The topological polar surface area (TPSA) is 53.6 Å². The maximum Gasteiger partial charge on any atom is 0.407 e. The van der Waals surface area contributed by atoms with E-state index in [4.69, 9.17) is 4.74 Å². The molecule has 1 aliphatic rings. The van der Waals surface area contributed by atoms with Crippen LogP contribution in [0.4, 0.5) is 4.79 Å². The highest BCUT2D eigenvalue weighted by atomic mass is 16.6. The highest BCUT2D eigenvalue weighted by Gasteiger charge is 2.18. The first-order valence-corrected chi connectivity index (χ1v) is 7.80. The standard InChI is InChI=1S/C15H31N3O2/c1-5-18-10-6-13(7-11-18)12-16-8-9-17-14(19)20-15(2,3)4/h13,16H,5-12H2,1-4H3,(H,17,19). The lowest BCUT2D eigenvalue weighted by Crippen LogP contribution is -2.40. The third kappa shape index (κ3) is 7.70. The molecule has 1 aliphatic heterocycles. The molecule has 2 N–H and O–H groups in total. The molecule has 0 spiro atoms. The number of carbonyl (C=O) groups is 1. The van der Waals surface area contributed by atoms with E-state index in [0.717, 1.165) is 19.0 Å². The first-order valence-electron chi connectivity index (χ1n) is 7.80. The van der Waals surface area contributed by atoms with E-state index < -0.39 is 5.60 Å². The molecule has 1 heterocycles. The van der Waals surface area contributed by atoms with Crippen molar-refractivity contribution in [1.82, 2.24) is 15.5 Å². The Morgan fingerprint density at radius 1 is 1.25 bits per heavy atom. The second-order valence-corrected chi connectivity index (χ2v) is 6.51. The van der Waals surface area contributed by atoms with Crippen molar-refractivity contribution in [2.45, 2.75) is 46.1 Å². The van der Waals surface area contributed by atoms with E-state index in [9.17, 15) is 4.79 Å². The van der Waals surface area contributed by atoms with Crippen LogP contribution >= 0.6 is 0 Å². The summed E-state index contributed by atoms with van der Waals surface area (Å²) < 4.78 is 5.18. The molecule has 0 radical (unpaired) electrons. The molecule has 0 saturated carbocycles. The average molecular weight is 285 g/mol. The lowest BCUT2D eigenvalue weighted by molar-refractivity contribution is 0.0528. The van der Waals surface area contributed by atoms with E-state index in [1.807, 2.05) is 20.8 Å². The molecule has 5 nitrogen and oxygen atoms in total. The Bertz CT molecular complexity index is 281. The number of rotatable bonds is 6. The van der Waals surface area contributed by atoms with Gasteiger partial charge in [0.15, 0.2) is 0 Å². The minimum Gasteiger partial charge on any atom is -0.444 e. The number of amides is 1. The zero-order chi connectivity index (χ0) is 15.0. The van der Waals surface area contributed by atoms with Gasteiger partial charge in [-0.3, -0.25) is 0 Å². The SMILES string of the molecule is CCN1CCC(CNCCNC(=O)OC(C)(C)C)CC1. The molecule has 1 saturated heterocycles. The number of carbonyl (C=O) groups excluding carboxylic acids is 1. The number of alkyl carbamates (subject to hydrolysis) is 1. The summed E-state index contributed by atoms with van der Waals surface area (Å²) >= 11 is 0. The van der Waals surface area contributed by atoms with Crippen LogP contribution in [-0.4, -0.2) is 55.9 Å². The number of ether oxygens (including phenoxy) is 1. The van der Waals surface area contributed by atoms with E-state index in [0.29, 0.717) is 6.54 Å². The number of likely N-dealkylation sites (tertiary alicyclic amines) is 1. The minimum absolute atomic E-state index is 0.337. The lowest BCUT2D eigenvalue weighted by Gasteiger charge is -2.31. The summed E-state index contributed by atoms with van der Waals surface area (Å²) in [5.41, 5.74) is -0.426. The largest absolute Gasteiger partial charge is 0.444 e. The van der Waals surface area contributed by atoms with Crippen LogP contribution in [0.15, 0.2) is 0 Å². The number of piperidine rings is 1. The quantitative estimate of drug-likeness (QED) is 0.731. The van der Waals surface area contributed by atoms with Crippen LogP contribution in [0.1, 0.15) is 40.5 Å². The molecule has 0 aromatic carbocycles. The Kier molecular flexibility index (Phi) is 7.30. The van der Waals surface area contributed by atoms with Crippen LogP contribution in [0.2, 0.25) is 0 Å². The Morgan fingerprint density at radius 2 is 1.90 bits per heavy atom. The summed E-state index contributed by atoms with van der Waals surface area (Å²) in [4.78, 5) is 13.9. The monoisotopic (exact) mass is 285 g/mol. The molecular formula is C15H31N3O2. The molecule has 20 heavy (non-hydrogen) atoms. The minimum atomic E-state index is -0.426. The van der Waals surface area contributed by atoms with Gasteiger partial charge in [0.05, 0.1) is 0 Å². The van der Waals surface area contributed by atoms with Gasteiger partial charge in [-0.25, -0.2) is 4.79 Å². The number of hydrogen-bond donors (Lipinski definition) is 2. The zero-order valence-corrected chi connectivity index (χ0v) is 13.5. The molecule has 0 bridgehead atoms. The van der Waals surface area contributed by atoms with E-state index in [1.54, 1.807) is 0 Å². The molecule has 1 amide bonds. The Labute approximate surface area is 123 Å². The number of nitrogens with zero attached hydrogens (tertiary/aromatic N) is 1. The van der Waals surface area contributed by atoms with Gasteiger partial charge in [-0.05, 0) is 65.7 Å². The molecule has 1 rings (SSSR count). The molecule has 0 aliphatic carbocycles. The van der Waals surface area contributed by atoms with Crippen molar-refractivity contribution in [3.05, 3.63) is 0 Å². The van der Waals surface area contributed by atoms with Crippen molar-refractivity contribution >= 4 is 6.09 Å². The first kappa shape index (κ1) is 17.2. The lowest BCUT2D eigenvalue weighted by atomic mass is 9.97.